The molecule has 1 aliphatic carbocycles. The van der Waals surface area contributed by atoms with E-state index in [9.17, 15) is 18.0 Å². The fourth-order valence-corrected chi connectivity index (χ4v) is 4.36. The van der Waals surface area contributed by atoms with Crippen molar-refractivity contribution >= 4 is 17.7 Å². The Hall–Kier alpha value is -1.47. The van der Waals surface area contributed by atoms with E-state index in [4.69, 9.17) is 16.3 Å². The molecule has 0 aromatic heterocycles. The monoisotopic (exact) mass is 462 g/mol. The van der Waals surface area contributed by atoms with Crippen LogP contribution in [0, 0.1) is 11.7 Å². The van der Waals surface area contributed by atoms with Crippen LogP contribution in [0.1, 0.15) is 66.0 Å². The molecule has 8 heteroatoms. The summed E-state index contributed by atoms with van der Waals surface area (Å²) >= 11 is 5.81. The zero-order valence-electron chi connectivity index (χ0n) is 19.2. The van der Waals surface area contributed by atoms with E-state index >= 15 is 0 Å². The van der Waals surface area contributed by atoms with Gasteiger partial charge in [-0.05, 0) is 51.3 Å². The predicted octanol–water partition coefficient (Wildman–Crippen LogP) is 6.53. The minimum Gasteiger partial charge on any atom is -0.444 e. The number of amides is 1. The van der Waals surface area contributed by atoms with Gasteiger partial charge in [-0.25, -0.2) is 18.0 Å². The van der Waals surface area contributed by atoms with Crippen LogP contribution in [0.15, 0.2) is 18.2 Å². The number of carbonyl (C=O) groups excluding carboxylic acids is 1. The number of alkyl halides is 2. The summed E-state index contributed by atoms with van der Waals surface area (Å²) in [4.78, 5) is 16.2. The lowest BCUT2D eigenvalue weighted by atomic mass is 9.73. The van der Waals surface area contributed by atoms with E-state index in [0.717, 1.165) is 0 Å². The van der Waals surface area contributed by atoms with Crippen molar-refractivity contribution in [1.29, 1.82) is 0 Å². The van der Waals surface area contributed by atoms with Crippen LogP contribution in [0.2, 0.25) is 5.02 Å². The second-order valence-corrected chi connectivity index (χ2v) is 9.57. The molecule has 4 nitrogen and oxygen atoms in total. The lowest BCUT2D eigenvalue weighted by Gasteiger charge is -2.49. The number of rotatable bonds is 3. The second-order valence-electron chi connectivity index (χ2n) is 9.16. The van der Waals surface area contributed by atoms with Crippen LogP contribution < -0.4 is 0 Å². The number of ether oxygens (including phenoxy) is 1. The number of piperazine rings is 1. The van der Waals surface area contributed by atoms with Crippen LogP contribution in [-0.4, -0.2) is 53.1 Å². The maximum absolute atomic E-state index is 14.1. The molecule has 1 saturated heterocycles. The molecule has 1 saturated carbocycles. The smallest absolute Gasteiger partial charge is 0.410 e. The van der Waals surface area contributed by atoms with Crippen molar-refractivity contribution in [3.05, 3.63) is 34.6 Å². The zero-order valence-corrected chi connectivity index (χ0v) is 20.0. The minimum atomic E-state index is -2.67. The van der Waals surface area contributed by atoms with Gasteiger partial charge in [-0.15, -0.1) is 0 Å². The van der Waals surface area contributed by atoms with Crippen molar-refractivity contribution in [2.45, 2.75) is 78.0 Å². The molecule has 1 aromatic carbocycles. The van der Waals surface area contributed by atoms with Gasteiger partial charge in [0, 0.05) is 44.6 Å². The molecule has 31 heavy (non-hydrogen) atoms. The highest BCUT2D eigenvalue weighted by molar-refractivity contribution is 6.30. The first-order valence-electron chi connectivity index (χ1n) is 10.9. The molecule has 176 valence electrons. The van der Waals surface area contributed by atoms with Gasteiger partial charge in [0.1, 0.15) is 11.4 Å². The molecule has 2 aliphatic rings. The van der Waals surface area contributed by atoms with Crippen LogP contribution >= 0.6 is 11.6 Å². The third-order valence-corrected chi connectivity index (χ3v) is 5.84. The summed E-state index contributed by atoms with van der Waals surface area (Å²) in [6, 6.07) is 4.02. The van der Waals surface area contributed by atoms with Crippen LogP contribution in [-0.2, 0) is 4.74 Å². The highest BCUT2D eigenvalue weighted by Gasteiger charge is 2.51. The number of hydrogen-bond acceptors (Lipinski definition) is 3. The largest absolute Gasteiger partial charge is 0.444 e. The van der Waals surface area contributed by atoms with Crippen LogP contribution in [0.3, 0.4) is 0 Å². The lowest BCUT2D eigenvalue weighted by Crippen LogP contribution is -2.57. The number of carbonyl (C=O) groups is 1. The van der Waals surface area contributed by atoms with Gasteiger partial charge in [0.2, 0.25) is 5.92 Å². The highest BCUT2D eigenvalue weighted by Crippen LogP contribution is 2.50. The first-order valence-corrected chi connectivity index (χ1v) is 11.3. The van der Waals surface area contributed by atoms with E-state index in [2.05, 4.69) is 4.90 Å². The third kappa shape index (κ3) is 6.51. The molecule has 2 fully saturated rings. The summed E-state index contributed by atoms with van der Waals surface area (Å²) in [5.74, 6) is -3.50. The van der Waals surface area contributed by atoms with Crippen molar-refractivity contribution in [2.75, 3.05) is 19.6 Å². The molecule has 2 unspecified atom stereocenters. The van der Waals surface area contributed by atoms with E-state index < -0.39 is 17.3 Å². The quantitative estimate of drug-likeness (QED) is 0.511. The van der Waals surface area contributed by atoms with Crippen molar-refractivity contribution in [1.82, 2.24) is 9.80 Å². The summed E-state index contributed by atoms with van der Waals surface area (Å²) in [5, 5.41) is 0.00884. The van der Waals surface area contributed by atoms with Gasteiger partial charge < -0.3 is 9.64 Å². The summed E-state index contributed by atoms with van der Waals surface area (Å²) in [6.45, 7) is 12.8. The Kier molecular flexibility index (Phi) is 8.31. The number of hydrogen-bond donors (Lipinski definition) is 0. The number of halogens is 4. The fourth-order valence-electron chi connectivity index (χ4n) is 4.24. The van der Waals surface area contributed by atoms with Crippen molar-refractivity contribution in [2.24, 2.45) is 5.92 Å². The molecule has 2 atom stereocenters. The summed E-state index contributed by atoms with van der Waals surface area (Å²) in [7, 11) is 0. The molecule has 3 rings (SSSR count). The molecular formula is C23H34ClF3N2O2. The summed E-state index contributed by atoms with van der Waals surface area (Å²) in [5.41, 5.74) is 0.0553. The van der Waals surface area contributed by atoms with Gasteiger partial charge in [0.15, 0.2) is 0 Å². The molecule has 1 amide bonds. The Morgan fingerprint density at radius 1 is 1.23 bits per heavy atom. The van der Waals surface area contributed by atoms with Crippen molar-refractivity contribution < 1.29 is 22.7 Å². The minimum absolute atomic E-state index is 0.00884. The van der Waals surface area contributed by atoms with Gasteiger partial charge in [0.05, 0.1) is 5.02 Å². The molecule has 0 bridgehead atoms. The Morgan fingerprint density at radius 3 is 2.32 bits per heavy atom. The van der Waals surface area contributed by atoms with Crippen LogP contribution in [0.5, 0.6) is 0 Å². The third-order valence-electron chi connectivity index (χ3n) is 5.53. The van der Waals surface area contributed by atoms with Gasteiger partial charge in [-0.2, -0.15) is 0 Å². The standard InChI is InChI=1S/C21H28ClF3N2O2.C2H6/c1-13-12-26(7-8-27(13)19(28)29-20(2,3)4)18(15-10-21(24,25)11-15)14-5-6-16(22)17(23)9-14;1-2/h5-6,9,13,15,18H,7-8,10-12H2,1-4H3;1-2H3. The molecule has 1 aromatic rings. The molecule has 1 heterocycles. The molecular weight excluding hydrogens is 429 g/mol. The Morgan fingerprint density at radius 2 is 1.84 bits per heavy atom. The van der Waals surface area contributed by atoms with E-state index in [-0.39, 0.29) is 42.0 Å². The average Bonchev–Trinajstić information content (AvgIpc) is 2.63. The summed E-state index contributed by atoms with van der Waals surface area (Å²) < 4.78 is 46.7. The molecule has 0 spiro atoms. The first-order chi connectivity index (χ1) is 14.4. The topological polar surface area (TPSA) is 32.8 Å². The second kappa shape index (κ2) is 9.99. The fraction of sp³-hybridized carbons (Fsp3) is 0.696. The Bertz CT molecular complexity index is 762. The molecule has 0 radical (unpaired) electrons. The maximum Gasteiger partial charge on any atom is 0.410 e. The lowest BCUT2D eigenvalue weighted by molar-refractivity contribution is -0.136. The zero-order chi connectivity index (χ0) is 23.6. The van der Waals surface area contributed by atoms with Gasteiger partial charge in [-0.1, -0.05) is 31.5 Å². The molecule has 0 N–H and O–H groups in total. The van der Waals surface area contributed by atoms with Crippen molar-refractivity contribution in [3.8, 4) is 0 Å². The maximum atomic E-state index is 14.1. The Balaban J connectivity index is 0.00000166. The average molecular weight is 463 g/mol. The van der Waals surface area contributed by atoms with Crippen LogP contribution in [0.4, 0.5) is 18.0 Å². The SMILES string of the molecule is CC.CC1CN(C(c2ccc(Cl)c(F)c2)C2CC(F)(F)C2)CCN1C(=O)OC(C)(C)C. The van der Waals surface area contributed by atoms with E-state index in [1.54, 1.807) is 11.0 Å². The van der Waals surface area contributed by atoms with E-state index in [0.29, 0.717) is 25.2 Å². The van der Waals surface area contributed by atoms with Crippen LogP contribution in [0.25, 0.3) is 0 Å². The Labute approximate surface area is 188 Å². The molecule has 1 aliphatic heterocycles. The van der Waals surface area contributed by atoms with E-state index in [1.807, 2.05) is 41.5 Å². The summed E-state index contributed by atoms with van der Waals surface area (Å²) in [6.07, 6.45) is -0.820. The normalized spacial score (nSPS) is 22.8. The van der Waals surface area contributed by atoms with Gasteiger partial charge in [0.25, 0.3) is 0 Å². The van der Waals surface area contributed by atoms with Crippen molar-refractivity contribution in [3.63, 3.8) is 0 Å². The number of benzene rings is 1. The van der Waals surface area contributed by atoms with Gasteiger partial charge in [-0.3, -0.25) is 4.90 Å². The highest BCUT2D eigenvalue weighted by atomic mass is 35.5. The first kappa shape index (κ1) is 25.8. The van der Waals surface area contributed by atoms with E-state index in [1.165, 1.54) is 12.1 Å². The van der Waals surface area contributed by atoms with Gasteiger partial charge >= 0.3 is 6.09 Å². The predicted molar refractivity (Wildman–Crippen MR) is 117 cm³/mol. The number of nitrogens with zero attached hydrogens (tertiary/aromatic N) is 2.